The number of thiophene rings is 1. The van der Waals surface area contributed by atoms with E-state index in [1.807, 2.05) is 16.8 Å². The highest BCUT2D eigenvalue weighted by molar-refractivity contribution is 7.08. The highest BCUT2D eigenvalue weighted by atomic mass is 32.1. The van der Waals surface area contributed by atoms with Gasteiger partial charge in [0.05, 0.1) is 11.1 Å². The molecule has 84 valence electrons. The molecule has 2 heterocycles. The summed E-state index contributed by atoms with van der Waals surface area (Å²) in [5.41, 5.74) is 6.88. The standard InChI is InChI=1S/C11H13N3OS/c12-11(4-1-2-5-11)10-13-9(15-14-10)8-3-6-16-7-8/h3,6-7H,1-2,4-5,12H2. The van der Waals surface area contributed by atoms with Crippen LogP contribution in [0, 0.1) is 0 Å². The lowest BCUT2D eigenvalue weighted by molar-refractivity contribution is 0.372. The minimum atomic E-state index is -0.363. The Bertz CT molecular complexity index is 471. The highest BCUT2D eigenvalue weighted by Crippen LogP contribution is 2.35. The van der Waals surface area contributed by atoms with Crippen LogP contribution in [0.25, 0.3) is 11.5 Å². The predicted octanol–water partition coefficient (Wildman–Crippen LogP) is 2.53. The normalized spacial score (nSPS) is 19.1. The van der Waals surface area contributed by atoms with Gasteiger partial charge in [-0.15, -0.1) is 0 Å². The zero-order valence-electron chi connectivity index (χ0n) is 8.85. The van der Waals surface area contributed by atoms with Gasteiger partial charge in [-0.1, -0.05) is 18.0 Å². The van der Waals surface area contributed by atoms with E-state index in [9.17, 15) is 0 Å². The van der Waals surface area contributed by atoms with Crippen LogP contribution in [0.3, 0.4) is 0 Å². The molecule has 0 atom stereocenters. The van der Waals surface area contributed by atoms with Gasteiger partial charge in [-0.3, -0.25) is 0 Å². The summed E-state index contributed by atoms with van der Waals surface area (Å²) in [5, 5.41) is 8.01. The van der Waals surface area contributed by atoms with Gasteiger partial charge in [0.25, 0.3) is 5.89 Å². The third-order valence-electron chi connectivity index (χ3n) is 3.14. The van der Waals surface area contributed by atoms with Crippen molar-refractivity contribution in [1.29, 1.82) is 0 Å². The van der Waals surface area contributed by atoms with E-state index in [1.165, 1.54) is 0 Å². The molecular weight excluding hydrogens is 222 g/mol. The largest absolute Gasteiger partial charge is 0.334 e. The second-order valence-corrected chi connectivity index (χ2v) is 5.08. The summed E-state index contributed by atoms with van der Waals surface area (Å²) in [4.78, 5) is 4.41. The minimum Gasteiger partial charge on any atom is -0.334 e. The van der Waals surface area contributed by atoms with Crippen molar-refractivity contribution in [3.8, 4) is 11.5 Å². The van der Waals surface area contributed by atoms with Crippen molar-refractivity contribution in [3.05, 3.63) is 22.7 Å². The Hall–Kier alpha value is -1.20. The maximum Gasteiger partial charge on any atom is 0.258 e. The lowest BCUT2D eigenvalue weighted by Gasteiger charge is -2.17. The first kappa shape index (κ1) is 9.99. The second kappa shape index (κ2) is 3.68. The van der Waals surface area contributed by atoms with Crippen LogP contribution in [0.4, 0.5) is 0 Å². The molecule has 1 fully saturated rings. The molecule has 2 N–H and O–H groups in total. The SMILES string of the molecule is NC1(c2noc(-c3ccsc3)n2)CCCC1. The first-order valence-corrected chi connectivity index (χ1v) is 6.38. The fourth-order valence-corrected chi connectivity index (χ4v) is 2.79. The van der Waals surface area contributed by atoms with E-state index in [4.69, 9.17) is 10.3 Å². The summed E-state index contributed by atoms with van der Waals surface area (Å²) in [6.07, 6.45) is 4.21. The van der Waals surface area contributed by atoms with Crippen molar-refractivity contribution in [2.24, 2.45) is 5.73 Å². The van der Waals surface area contributed by atoms with Gasteiger partial charge in [0, 0.05) is 5.38 Å². The molecule has 1 aliphatic carbocycles. The van der Waals surface area contributed by atoms with Crippen LogP contribution in [-0.4, -0.2) is 10.1 Å². The molecule has 5 heteroatoms. The summed E-state index contributed by atoms with van der Waals surface area (Å²) in [6.45, 7) is 0. The molecular formula is C11H13N3OS. The van der Waals surface area contributed by atoms with Crippen LogP contribution >= 0.6 is 11.3 Å². The highest BCUT2D eigenvalue weighted by Gasteiger charge is 2.36. The Labute approximate surface area is 97.5 Å². The lowest BCUT2D eigenvalue weighted by atomic mass is 9.99. The molecule has 1 aliphatic rings. The fraction of sp³-hybridized carbons (Fsp3) is 0.455. The Kier molecular flexibility index (Phi) is 2.29. The molecule has 0 spiro atoms. The molecule has 2 aromatic rings. The van der Waals surface area contributed by atoms with Gasteiger partial charge in [-0.25, -0.2) is 0 Å². The van der Waals surface area contributed by atoms with Crippen LogP contribution in [0.5, 0.6) is 0 Å². The van der Waals surface area contributed by atoms with Gasteiger partial charge in [-0.05, 0) is 24.3 Å². The Morgan fingerprint density at radius 3 is 2.88 bits per heavy atom. The van der Waals surface area contributed by atoms with Gasteiger partial charge in [-0.2, -0.15) is 16.3 Å². The zero-order chi connectivity index (χ0) is 11.0. The van der Waals surface area contributed by atoms with E-state index >= 15 is 0 Å². The third kappa shape index (κ3) is 1.56. The fourth-order valence-electron chi connectivity index (χ4n) is 2.16. The molecule has 4 nitrogen and oxygen atoms in total. The van der Waals surface area contributed by atoms with Gasteiger partial charge < -0.3 is 10.3 Å². The Morgan fingerprint density at radius 2 is 2.19 bits per heavy atom. The average Bonchev–Trinajstić information content (AvgIpc) is 2.98. The van der Waals surface area contributed by atoms with Crippen molar-refractivity contribution < 1.29 is 4.52 Å². The van der Waals surface area contributed by atoms with Crippen LogP contribution in [-0.2, 0) is 5.54 Å². The number of hydrogen-bond acceptors (Lipinski definition) is 5. The van der Waals surface area contributed by atoms with E-state index in [2.05, 4.69) is 10.1 Å². The van der Waals surface area contributed by atoms with Crippen molar-refractivity contribution in [2.45, 2.75) is 31.2 Å². The van der Waals surface area contributed by atoms with Crippen LogP contribution in [0.2, 0.25) is 0 Å². The molecule has 0 amide bonds. The number of nitrogens with zero attached hydrogens (tertiary/aromatic N) is 2. The molecule has 0 saturated heterocycles. The van der Waals surface area contributed by atoms with E-state index < -0.39 is 0 Å². The van der Waals surface area contributed by atoms with Gasteiger partial charge in [0.2, 0.25) is 0 Å². The van der Waals surface area contributed by atoms with Gasteiger partial charge in [0.1, 0.15) is 0 Å². The molecule has 0 aliphatic heterocycles. The van der Waals surface area contributed by atoms with Crippen molar-refractivity contribution in [3.63, 3.8) is 0 Å². The van der Waals surface area contributed by atoms with Crippen molar-refractivity contribution in [2.75, 3.05) is 0 Å². The van der Waals surface area contributed by atoms with Crippen LogP contribution in [0.15, 0.2) is 21.3 Å². The number of hydrogen-bond donors (Lipinski definition) is 1. The molecule has 0 bridgehead atoms. The summed E-state index contributed by atoms with van der Waals surface area (Å²) in [7, 11) is 0. The summed E-state index contributed by atoms with van der Waals surface area (Å²) < 4.78 is 5.25. The Morgan fingerprint density at radius 1 is 1.38 bits per heavy atom. The first-order valence-electron chi connectivity index (χ1n) is 5.44. The second-order valence-electron chi connectivity index (χ2n) is 4.30. The summed E-state index contributed by atoms with van der Waals surface area (Å²) in [6, 6.07) is 1.97. The molecule has 3 rings (SSSR count). The van der Waals surface area contributed by atoms with Crippen LogP contribution in [0.1, 0.15) is 31.5 Å². The average molecular weight is 235 g/mol. The molecule has 2 aromatic heterocycles. The topological polar surface area (TPSA) is 64.9 Å². The molecule has 16 heavy (non-hydrogen) atoms. The maximum absolute atomic E-state index is 6.26. The van der Waals surface area contributed by atoms with Gasteiger partial charge in [0.15, 0.2) is 5.82 Å². The molecule has 0 unspecified atom stereocenters. The monoisotopic (exact) mass is 235 g/mol. The lowest BCUT2D eigenvalue weighted by Crippen LogP contribution is -2.34. The van der Waals surface area contributed by atoms with Crippen LogP contribution < -0.4 is 5.73 Å². The number of nitrogens with two attached hydrogens (primary N) is 1. The van der Waals surface area contributed by atoms with Crippen molar-refractivity contribution >= 4 is 11.3 Å². The van der Waals surface area contributed by atoms with E-state index in [0.717, 1.165) is 31.2 Å². The quantitative estimate of drug-likeness (QED) is 0.868. The summed E-state index contributed by atoms with van der Waals surface area (Å²) >= 11 is 1.62. The number of rotatable bonds is 2. The predicted molar refractivity (Wildman–Crippen MR) is 61.9 cm³/mol. The first-order chi connectivity index (χ1) is 7.78. The molecule has 0 aromatic carbocycles. The van der Waals surface area contributed by atoms with E-state index in [1.54, 1.807) is 11.3 Å². The zero-order valence-corrected chi connectivity index (χ0v) is 9.67. The maximum atomic E-state index is 6.26. The molecule has 1 saturated carbocycles. The van der Waals surface area contributed by atoms with E-state index in [-0.39, 0.29) is 5.54 Å². The molecule has 0 radical (unpaired) electrons. The van der Waals surface area contributed by atoms with Gasteiger partial charge >= 0.3 is 0 Å². The van der Waals surface area contributed by atoms with Crippen molar-refractivity contribution in [1.82, 2.24) is 10.1 Å². The third-order valence-corrected chi connectivity index (χ3v) is 3.82. The minimum absolute atomic E-state index is 0.363. The van der Waals surface area contributed by atoms with E-state index in [0.29, 0.717) is 11.7 Å². The Balaban J connectivity index is 1.93. The summed E-state index contributed by atoms with van der Waals surface area (Å²) in [5.74, 6) is 1.24. The number of aromatic nitrogens is 2. The smallest absolute Gasteiger partial charge is 0.258 e.